The van der Waals surface area contributed by atoms with Crippen LogP contribution in [0.3, 0.4) is 0 Å². The molecular formula is C7H11N3O2. The lowest BCUT2D eigenvalue weighted by atomic mass is 10.3. The maximum absolute atomic E-state index is 11.4. The van der Waals surface area contributed by atoms with Crippen molar-refractivity contribution in [1.29, 1.82) is 0 Å². The summed E-state index contributed by atoms with van der Waals surface area (Å²) < 4.78 is 4.46. The first-order valence-corrected chi connectivity index (χ1v) is 3.66. The highest BCUT2D eigenvalue weighted by molar-refractivity contribution is 5.90. The Bertz CT molecular complexity index is 256. The van der Waals surface area contributed by atoms with Crippen LogP contribution in [0.4, 0.5) is 0 Å². The van der Waals surface area contributed by atoms with E-state index in [4.69, 9.17) is 0 Å². The molecule has 1 aromatic rings. The third kappa shape index (κ3) is 1.61. The van der Waals surface area contributed by atoms with Crippen molar-refractivity contribution in [3.63, 3.8) is 0 Å². The van der Waals surface area contributed by atoms with Gasteiger partial charge in [0, 0.05) is 13.1 Å². The van der Waals surface area contributed by atoms with E-state index in [-0.39, 0.29) is 17.8 Å². The average Bonchev–Trinajstić information content (AvgIpc) is 2.53. The predicted octanol–water partition coefficient (Wildman–Crippen LogP) is 0.550. The smallest absolute Gasteiger partial charge is 0.295 e. The largest absolute Gasteiger partial charge is 0.342 e. The summed E-state index contributed by atoms with van der Waals surface area (Å²) in [6.07, 6.45) is 1.14. The highest BCUT2D eigenvalue weighted by Gasteiger charge is 2.17. The van der Waals surface area contributed by atoms with E-state index >= 15 is 0 Å². The van der Waals surface area contributed by atoms with Gasteiger partial charge in [-0.1, -0.05) is 5.16 Å². The van der Waals surface area contributed by atoms with E-state index in [1.807, 2.05) is 13.8 Å². The molecule has 0 spiro atoms. The number of nitrogens with zero attached hydrogens (tertiary/aromatic N) is 3. The highest BCUT2D eigenvalue weighted by Crippen LogP contribution is 2.00. The first-order valence-electron chi connectivity index (χ1n) is 3.66. The average molecular weight is 169 g/mol. The summed E-state index contributed by atoms with van der Waals surface area (Å²) in [4.78, 5) is 16.6. The monoisotopic (exact) mass is 169 g/mol. The number of hydrogen-bond acceptors (Lipinski definition) is 4. The molecule has 0 atom stereocenters. The van der Waals surface area contributed by atoms with Crippen molar-refractivity contribution in [1.82, 2.24) is 15.0 Å². The minimum absolute atomic E-state index is 0.103. The summed E-state index contributed by atoms with van der Waals surface area (Å²) in [5, 5.41) is 3.44. The molecule has 0 aliphatic carbocycles. The maximum atomic E-state index is 11.4. The van der Waals surface area contributed by atoms with Crippen molar-refractivity contribution >= 4 is 5.91 Å². The van der Waals surface area contributed by atoms with Gasteiger partial charge in [0.05, 0.1) is 0 Å². The molecule has 0 aliphatic rings. The van der Waals surface area contributed by atoms with Gasteiger partial charge in [0.1, 0.15) is 0 Å². The van der Waals surface area contributed by atoms with Crippen LogP contribution in [-0.2, 0) is 0 Å². The Hall–Kier alpha value is -1.39. The van der Waals surface area contributed by atoms with Crippen molar-refractivity contribution in [2.45, 2.75) is 19.9 Å². The second-order valence-electron chi connectivity index (χ2n) is 2.76. The number of carbonyl (C=O) groups excluding carboxylic acids is 1. The van der Waals surface area contributed by atoms with Crippen LogP contribution in [0.2, 0.25) is 0 Å². The fraction of sp³-hybridized carbons (Fsp3) is 0.571. The molecule has 0 saturated heterocycles. The zero-order chi connectivity index (χ0) is 9.14. The Morgan fingerprint density at radius 3 is 2.75 bits per heavy atom. The number of rotatable bonds is 2. The van der Waals surface area contributed by atoms with E-state index in [0.717, 1.165) is 6.39 Å². The van der Waals surface area contributed by atoms with Gasteiger partial charge < -0.3 is 9.42 Å². The van der Waals surface area contributed by atoms with Gasteiger partial charge in [-0.3, -0.25) is 4.79 Å². The van der Waals surface area contributed by atoms with Gasteiger partial charge in [0.25, 0.3) is 11.7 Å². The first kappa shape index (κ1) is 8.70. The Kier molecular flexibility index (Phi) is 2.42. The minimum Gasteiger partial charge on any atom is -0.342 e. The number of hydrogen-bond donors (Lipinski definition) is 0. The Morgan fingerprint density at radius 2 is 2.33 bits per heavy atom. The lowest BCUT2D eigenvalue weighted by Gasteiger charge is -2.18. The summed E-state index contributed by atoms with van der Waals surface area (Å²) in [5.74, 6) is -0.120. The van der Waals surface area contributed by atoms with E-state index in [1.165, 1.54) is 0 Å². The molecule has 12 heavy (non-hydrogen) atoms. The van der Waals surface area contributed by atoms with E-state index in [9.17, 15) is 4.79 Å². The van der Waals surface area contributed by atoms with Gasteiger partial charge in [0.2, 0.25) is 6.39 Å². The summed E-state index contributed by atoms with van der Waals surface area (Å²) in [5.41, 5.74) is 0. The van der Waals surface area contributed by atoms with Gasteiger partial charge in [-0.05, 0) is 13.8 Å². The Labute approximate surface area is 70.4 Å². The molecule has 0 saturated carbocycles. The van der Waals surface area contributed by atoms with Crippen molar-refractivity contribution in [2.24, 2.45) is 0 Å². The fourth-order valence-corrected chi connectivity index (χ4v) is 0.657. The highest BCUT2D eigenvalue weighted by atomic mass is 16.5. The van der Waals surface area contributed by atoms with Crippen LogP contribution in [0.25, 0.3) is 0 Å². The van der Waals surface area contributed by atoms with E-state index < -0.39 is 0 Å². The van der Waals surface area contributed by atoms with Gasteiger partial charge in [-0.2, -0.15) is 4.98 Å². The normalized spacial score (nSPS) is 10.3. The van der Waals surface area contributed by atoms with Crippen LogP contribution in [-0.4, -0.2) is 34.0 Å². The third-order valence-electron chi connectivity index (χ3n) is 1.65. The predicted molar refractivity (Wildman–Crippen MR) is 41.5 cm³/mol. The molecule has 0 N–H and O–H groups in total. The van der Waals surface area contributed by atoms with Crippen molar-refractivity contribution < 1.29 is 9.32 Å². The quantitative estimate of drug-likeness (QED) is 0.648. The van der Waals surface area contributed by atoms with Crippen LogP contribution in [0.1, 0.15) is 24.5 Å². The molecule has 0 fully saturated rings. The number of aromatic nitrogens is 2. The van der Waals surface area contributed by atoms with Gasteiger partial charge >= 0.3 is 0 Å². The molecule has 1 heterocycles. The third-order valence-corrected chi connectivity index (χ3v) is 1.65. The second kappa shape index (κ2) is 3.34. The Morgan fingerprint density at radius 1 is 1.67 bits per heavy atom. The molecule has 0 radical (unpaired) electrons. The topological polar surface area (TPSA) is 59.2 Å². The standard InChI is InChI=1S/C7H11N3O2/c1-5(2)10(3)7(11)6-8-4-12-9-6/h4-5H,1-3H3. The molecule has 1 amide bonds. The van der Waals surface area contributed by atoms with Crippen molar-refractivity contribution in [2.75, 3.05) is 7.05 Å². The molecule has 5 heteroatoms. The van der Waals surface area contributed by atoms with E-state index in [0.29, 0.717) is 0 Å². The van der Waals surface area contributed by atoms with Gasteiger partial charge in [0.15, 0.2) is 0 Å². The van der Waals surface area contributed by atoms with Crippen LogP contribution < -0.4 is 0 Å². The minimum atomic E-state index is -0.223. The zero-order valence-corrected chi connectivity index (χ0v) is 7.31. The number of amides is 1. The molecule has 0 unspecified atom stereocenters. The van der Waals surface area contributed by atoms with Crippen molar-refractivity contribution in [3.8, 4) is 0 Å². The number of carbonyl (C=O) groups is 1. The molecule has 66 valence electrons. The summed E-state index contributed by atoms with van der Waals surface area (Å²) in [7, 11) is 1.70. The summed E-state index contributed by atoms with van der Waals surface area (Å²) in [6, 6.07) is 0.135. The van der Waals surface area contributed by atoms with Gasteiger partial charge in [-0.25, -0.2) is 0 Å². The fourth-order valence-electron chi connectivity index (χ4n) is 0.657. The summed E-state index contributed by atoms with van der Waals surface area (Å²) >= 11 is 0. The molecule has 0 aliphatic heterocycles. The van der Waals surface area contributed by atoms with E-state index in [1.54, 1.807) is 11.9 Å². The molecular weight excluding hydrogens is 158 g/mol. The Balaban J connectivity index is 2.72. The van der Waals surface area contributed by atoms with Gasteiger partial charge in [-0.15, -0.1) is 0 Å². The van der Waals surface area contributed by atoms with Crippen molar-refractivity contribution in [3.05, 3.63) is 12.2 Å². The maximum Gasteiger partial charge on any atom is 0.295 e. The van der Waals surface area contributed by atoms with Crippen LogP contribution in [0, 0.1) is 0 Å². The molecule has 0 aromatic carbocycles. The zero-order valence-electron chi connectivity index (χ0n) is 7.31. The molecule has 1 aromatic heterocycles. The van der Waals surface area contributed by atoms with Crippen LogP contribution >= 0.6 is 0 Å². The van der Waals surface area contributed by atoms with Crippen LogP contribution in [0.15, 0.2) is 10.9 Å². The van der Waals surface area contributed by atoms with Crippen LogP contribution in [0.5, 0.6) is 0 Å². The summed E-state index contributed by atoms with van der Waals surface area (Å²) in [6.45, 7) is 3.83. The first-order chi connectivity index (χ1) is 5.63. The lowest BCUT2D eigenvalue weighted by Crippen LogP contribution is -2.33. The molecule has 5 nitrogen and oxygen atoms in total. The lowest BCUT2D eigenvalue weighted by molar-refractivity contribution is 0.0739. The SMILES string of the molecule is CC(C)N(C)C(=O)c1ncon1. The van der Waals surface area contributed by atoms with E-state index in [2.05, 4.69) is 14.7 Å². The molecule has 1 rings (SSSR count). The second-order valence-corrected chi connectivity index (χ2v) is 2.76. The molecule has 0 bridgehead atoms.